The largest absolute Gasteiger partial charge is 0.447 e. The topological polar surface area (TPSA) is 114 Å². The van der Waals surface area contributed by atoms with E-state index in [-0.39, 0.29) is 5.90 Å². The van der Waals surface area contributed by atoms with Crippen LogP contribution in [-0.2, 0) is 9.47 Å². The molecule has 6 heteroatoms. The first-order valence-electron chi connectivity index (χ1n) is 13.3. The first kappa shape index (κ1) is 25.5. The molecule has 6 nitrogen and oxygen atoms in total. The molecule has 3 rings (SSSR count). The minimum atomic E-state index is -1.72. The highest BCUT2D eigenvalue weighted by Crippen LogP contribution is 2.65. The van der Waals surface area contributed by atoms with Gasteiger partial charge in [0, 0.05) is 6.42 Å². The lowest BCUT2D eigenvalue weighted by Gasteiger charge is -2.50. The first-order chi connectivity index (χ1) is 16.1. The number of rotatable bonds is 7. The lowest BCUT2D eigenvalue weighted by Crippen LogP contribution is -2.62. The fraction of sp³-hybridized carbons (Fsp3) is 0.852. The Labute approximate surface area is 199 Å². The first-order valence-corrected chi connectivity index (χ1v) is 13.3. The van der Waals surface area contributed by atoms with Gasteiger partial charge in [0.2, 0.25) is 11.7 Å². The molecule has 0 amide bonds. The molecule has 1 N–H and O–H groups in total. The Morgan fingerprint density at radius 1 is 0.848 bits per heavy atom. The predicted octanol–water partition coefficient (Wildman–Crippen LogP) is 6.91. The second kappa shape index (κ2) is 11.4. The van der Waals surface area contributed by atoms with E-state index in [1.54, 1.807) is 0 Å². The van der Waals surface area contributed by atoms with E-state index in [1.807, 2.05) is 0 Å². The third-order valence-electron chi connectivity index (χ3n) is 8.25. The van der Waals surface area contributed by atoms with Crippen molar-refractivity contribution in [3.63, 3.8) is 0 Å². The highest BCUT2D eigenvalue weighted by atomic mass is 16.7. The molecule has 3 aliphatic rings. The zero-order valence-corrected chi connectivity index (χ0v) is 20.3. The maximum atomic E-state index is 10.5. The second-order valence-corrected chi connectivity index (χ2v) is 10.3. The van der Waals surface area contributed by atoms with Crippen LogP contribution in [0.4, 0.5) is 0 Å². The quantitative estimate of drug-likeness (QED) is 0.421. The molecule has 2 aliphatic heterocycles. The summed E-state index contributed by atoms with van der Waals surface area (Å²) in [5.74, 6) is -1.74. The molecule has 2 bridgehead atoms. The number of nitriles is 3. The fourth-order valence-corrected chi connectivity index (χ4v) is 6.40. The average Bonchev–Trinajstić information content (AvgIpc) is 2.99. The van der Waals surface area contributed by atoms with Crippen LogP contribution in [-0.4, -0.2) is 17.8 Å². The molecule has 2 saturated heterocycles. The normalized spacial score (nSPS) is 33.8. The molecule has 0 aromatic heterocycles. The van der Waals surface area contributed by atoms with E-state index in [1.165, 1.54) is 38.5 Å². The van der Waals surface area contributed by atoms with Crippen molar-refractivity contribution in [1.82, 2.24) is 0 Å². The summed E-state index contributed by atoms with van der Waals surface area (Å²) in [4.78, 5) is 0. The maximum Gasteiger partial charge on any atom is 0.217 e. The molecule has 0 spiro atoms. The monoisotopic (exact) mass is 452 g/mol. The van der Waals surface area contributed by atoms with Gasteiger partial charge in [0.1, 0.15) is 0 Å². The number of hydrogen-bond donors (Lipinski definition) is 1. The number of ether oxygens (including phenoxy) is 2. The van der Waals surface area contributed by atoms with Gasteiger partial charge in [-0.15, -0.1) is 0 Å². The van der Waals surface area contributed by atoms with Gasteiger partial charge in [-0.2, -0.15) is 15.8 Å². The third-order valence-corrected chi connectivity index (χ3v) is 8.25. The molecule has 180 valence electrons. The lowest BCUT2D eigenvalue weighted by molar-refractivity contribution is -0.286. The number of unbranched alkanes of at least 4 members (excludes halogenated alkanes) is 5. The summed E-state index contributed by atoms with van der Waals surface area (Å²) in [6.45, 7) is 2.19. The number of hydrogen-bond acceptors (Lipinski definition) is 6. The molecule has 0 aromatic rings. The van der Waals surface area contributed by atoms with Gasteiger partial charge < -0.3 is 9.47 Å². The SMILES string of the molecule is CCCCCCCCC1OC23CCCCCCCCCCC2C(C#N)(C(=N)O3)C1(C#N)C#N. The summed E-state index contributed by atoms with van der Waals surface area (Å²) < 4.78 is 12.8. The van der Waals surface area contributed by atoms with Gasteiger partial charge >= 0.3 is 0 Å². The molecule has 0 radical (unpaired) electrons. The van der Waals surface area contributed by atoms with Crippen molar-refractivity contribution in [3.05, 3.63) is 0 Å². The van der Waals surface area contributed by atoms with Crippen LogP contribution >= 0.6 is 0 Å². The van der Waals surface area contributed by atoms with E-state index in [4.69, 9.17) is 14.9 Å². The van der Waals surface area contributed by atoms with E-state index in [2.05, 4.69) is 25.1 Å². The van der Waals surface area contributed by atoms with Crippen LogP contribution in [0.1, 0.15) is 116 Å². The fourth-order valence-electron chi connectivity index (χ4n) is 6.40. The lowest BCUT2D eigenvalue weighted by atomic mass is 9.52. The number of nitrogens with one attached hydrogen (secondary N) is 1. The standard InChI is InChI=1S/C27H40N4O2/c1-2-3-4-5-11-14-17-23-25(19-28,20-29)26(21-30)22-16-13-10-8-6-7-9-12-15-18-27(22,32-23)33-24(26)31/h22-23,31H,2-18H2,1H3. The van der Waals surface area contributed by atoms with Crippen LogP contribution in [0.15, 0.2) is 0 Å². The molecule has 1 aliphatic carbocycles. The van der Waals surface area contributed by atoms with E-state index < -0.39 is 28.6 Å². The van der Waals surface area contributed by atoms with Crippen molar-refractivity contribution in [2.24, 2.45) is 16.7 Å². The van der Waals surface area contributed by atoms with Crippen molar-refractivity contribution >= 4 is 5.90 Å². The highest BCUT2D eigenvalue weighted by molar-refractivity contribution is 5.89. The van der Waals surface area contributed by atoms with Crippen molar-refractivity contribution in [2.45, 2.75) is 128 Å². The summed E-state index contributed by atoms with van der Waals surface area (Å²) in [5.41, 5.74) is -3.28. The Morgan fingerprint density at radius 2 is 1.45 bits per heavy atom. The van der Waals surface area contributed by atoms with Crippen LogP contribution in [0, 0.1) is 56.2 Å². The molecule has 1 saturated carbocycles. The van der Waals surface area contributed by atoms with Gasteiger partial charge in [-0.25, -0.2) is 0 Å². The summed E-state index contributed by atoms with van der Waals surface area (Å²) >= 11 is 0. The summed E-state index contributed by atoms with van der Waals surface area (Å²) in [7, 11) is 0. The summed E-state index contributed by atoms with van der Waals surface area (Å²) in [5, 5.41) is 40.0. The Bertz CT molecular complexity index is 792. The summed E-state index contributed by atoms with van der Waals surface area (Å²) in [6.07, 6.45) is 16.4. The highest BCUT2D eigenvalue weighted by Gasteiger charge is 2.79. The van der Waals surface area contributed by atoms with E-state index >= 15 is 0 Å². The van der Waals surface area contributed by atoms with Gasteiger partial charge in [0.15, 0.2) is 10.8 Å². The van der Waals surface area contributed by atoms with Gasteiger partial charge in [-0.1, -0.05) is 90.4 Å². The smallest absolute Gasteiger partial charge is 0.217 e. The Kier molecular flexibility index (Phi) is 8.78. The third kappa shape index (κ3) is 4.50. The van der Waals surface area contributed by atoms with E-state index in [9.17, 15) is 15.8 Å². The van der Waals surface area contributed by atoms with Crippen LogP contribution in [0.3, 0.4) is 0 Å². The van der Waals surface area contributed by atoms with Crippen molar-refractivity contribution < 1.29 is 9.47 Å². The van der Waals surface area contributed by atoms with E-state index in [0.29, 0.717) is 19.3 Å². The molecule has 0 aromatic carbocycles. The molecule has 33 heavy (non-hydrogen) atoms. The van der Waals surface area contributed by atoms with Crippen LogP contribution in [0.2, 0.25) is 0 Å². The van der Waals surface area contributed by atoms with E-state index in [0.717, 1.165) is 51.4 Å². The van der Waals surface area contributed by atoms with Crippen LogP contribution in [0.5, 0.6) is 0 Å². The molecular weight excluding hydrogens is 412 g/mol. The molecule has 4 atom stereocenters. The Balaban J connectivity index is 1.93. The minimum absolute atomic E-state index is 0.224. The van der Waals surface area contributed by atoms with Gasteiger partial charge in [0.25, 0.3) is 0 Å². The molecule has 3 fully saturated rings. The zero-order valence-electron chi connectivity index (χ0n) is 20.3. The molecule has 4 unspecified atom stereocenters. The molecular formula is C27H40N4O2. The minimum Gasteiger partial charge on any atom is -0.447 e. The zero-order chi connectivity index (χ0) is 23.8. The van der Waals surface area contributed by atoms with Gasteiger partial charge in [-0.3, -0.25) is 5.41 Å². The van der Waals surface area contributed by atoms with Crippen molar-refractivity contribution in [3.8, 4) is 18.2 Å². The number of nitrogens with zero attached hydrogens (tertiary/aromatic N) is 3. The summed E-state index contributed by atoms with van der Waals surface area (Å²) in [6, 6.07) is 6.76. The predicted molar refractivity (Wildman–Crippen MR) is 126 cm³/mol. The Morgan fingerprint density at radius 3 is 2.09 bits per heavy atom. The second-order valence-electron chi connectivity index (χ2n) is 10.3. The van der Waals surface area contributed by atoms with Crippen molar-refractivity contribution in [1.29, 1.82) is 21.2 Å². The molecule has 2 heterocycles. The van der Waals surface area contributed by atoms with Gasteiger partial charge in [0.05, 0.1) is 30.2 Å². The average molecular weight is 453 g/mol. The maximum absolute atomic E-state index is 10.5. The van der Waals surface area contributed by atoms with Gasteiger partial charge in [-0.05, 0) is 19.3 Å². The van der Waals surface area contributed by atoms with Crippen LogP contribution in [0.25, 0.3) is 0 Å². The Hall–Kier alpha value is -2.10. The van der Waals surface area contributed by atoms with Crippen LogP contribution < -0.4 is 0 Å². The van der Waals surface area contributed by atoms with Crippen molar-refractivity contribution in [2.75, 3.05) is 0 Å².